The fourth-order valence-electron chi connectivity index (χ4n) is 2.55. The molecule has 0 radical (unpaired) electrons. The molecule has 1 atom stereocenters. The van der Waals surface area contributed by atoms with E-state index in [9.17, 15) is 4.79 Å². The SMILES string of the molecule is CNC(=O)CCCNC1CCCC(C)(C)C1. The van der Waals surface area contributed by atoms with Gasteiger partial charge in [-0.2, -0.15) is 0 Å². The van der Waals surface area contributed by atoms with Crippen molar-refractivity contribution in [2.24, 2.45) is 5.41 Å². The average molecular weight is 226 g/mol. The molecule has 0 aliphatic heterocycles. The van der Waals surface area contributed by atoms with Crippen LogP contribution in [0.15, 0.2) is 0 Å². The lowest BCUT2D eigenvalue weighted by Crippen LogP contribution is -2.38. The number of hydrogen-bond acceptors (Lipinski definition) is 2. The van der Waals surface area contributed by atoms with Crippen LogP contribution in [0.1, 0.15) is 52.4 Å². The summed E-state index contributed by atoms with van der Waals surface area (Å²) in [7, 11) is 1.69. The minimum absolute atomic E-state index is 0.144. The van der Waals surface area contributed by atoms with Crippen LogP contribution in [0.5, 0.6) is 0 Å². The van der Waals surface area contributed by atoms with Gasteiger partial charge >= 0.3 is 0 Å². The Morgan fingerprint density at radius 3 is 2.81 bits per heavy atom. The monoisotopic (exact) mass is 226 g/mol. The molecule has 16 heavy (non-hydrogen) atoms. The second-order valence-corrected chi connectivity index (χ2v) is 5.69. The summed E-state index contributed by atoms with van der Waals surface area (Å²) in [5.41, 5.74) is 0.497. The van der Waals surface area contributed by atoms with Crippen molar-refractivity contribution in [1.29, 1.82) is 0 Å². The number of carbonyl (C=O) groups excluding carboxylic acids is 1. The molecule has 0 heterocycles. The molecule has 3 heteroatoms. The molecule has 1 aliphatic carbocycles. The average Bonchev–Trinajstić information content (AvgIpc) is 2.22. The van der Waals surface area contributed by atoms with Gasteiger partial charge in [-0.05, 0) is 37.6 Å². The van der Waals surface area contributed by atoms with Gasteiger partial charge in [-0.15, -0.1) is 0 Å². The van der Waals surface area contributed by atoms with Gasteiger partial charge in [0.05, 0.1) is 0 Å². The molecule has 0 aromatic carbocycles. The van der Waals surface area contributed by atoms with Crippen molar-refractivity contribution in [3.05, 3.63) is 0 Å². The third-order valence-electron chi connectivity index (χ3n) is 3.50. The molecule has 3 nitrogen and oxygen atoms in total. The molecule has 0 spiro atoms. The van der Waals surface area contributed by atoms with Crippen LogP contribution in [-0.4, -0.2) is 25.5 Å². The van der Waals surface area contributed by atoms with E-state index in [1.165, 1.54) is 25.7 Å². The van der Waals surface area contributed by atoms with Crippen LogP contribution in [0.3, 0.4) is 0 Å². The Hall–Kier alpha value is -0.570. The van der Waals surface area contributed by atoms with Crippen molar-refractivity contribution < 1.29 is 4.79 Å². The van der Waals surface area contributed by atoms with Gasteiger partial charge in [-0.1, -0.05) is 20.3 Å². The molecule has 0 aromatic heterocycles. The second kappa shape index (κ2) is 6.24. The first-order chi connectivity index (χ1) is 7.53. The van der Waals surface area contributed by atoms with Crippen LogP contribution in [0.2, 0.25) is 0 Å². The molecule has 1 fully saturated rings. The zero-order chi connectivity index (χ0) is 12.0. The topological polar surface area (TPSA) is 41.1 Å². The Bertz CT molecular complexity index is 226. The summed E-state index contributed by atoms with van der Waals surface area (Å²) in [4.78, 5) is 11.0. The Balaban J connectivity index is 2.11. The molecule has 0 aromatic rings. The van der Waals surface area contributed by atoms with Crippen LogP contribution in [0.4, 0.5) is 0 Å². The summed E-state index contributed by atoms with van der Waals surface area (Å²) in [6.45, 7) is 5.67. The van der Waals surface area contributed by atoms with Gasteiger partial charge in [-0.3, -0.25) is 4.79 Å². The Morgan fingerprint density at radius 2 is 2.19 bits per heavy atom. The lowest BCUT2D eigenvalue weighted by Gasteiger charge is -2.35. The summed E-state index contributed by atoms with van der Waals surface area (Å²) in [6, 6.07) is 0.661. The van der Waals surface area contributed by atoms with Crippen LogP contribution < -0.4 is 10.6 Å². The molecule has 1 saturated carbocycles. The summed E-state index contributed by atoms with van der Waals surface area (Å²) in [5, 5.41) is 6.23. The third-order valence-corrected chi connectivity index (χ3v) is 3.50. The Labute approximate surface area is 99.4 Å². The molecule has 0 saturated heterocycles. The molecule has 1 rings (SSSR count). The highest BCUT2D eigenvalue weighted by atomic mass is 16.1. The van der Waals surface area contributed by atoms with E-state index in [1.807, 2.05) is 0 Å². The van der Waals surface area contributed by atoms with E-state index in [0.29, 0.717) is 17.9 Å². The summed E-state index contributed by atoms with van der Waals surface area (Å²) >= 11 is 0. The predicted octanol–water partition coefficient (Wildman–Crippen LogP) is 2.07. The molecule has 1 aliphatic rings. The number of nitrogens with one attached hydrogen (secondary N) is 2. The van der Waals surface area contributed by atoms with Crippen molar-refractivity contribution in [1.82, 2.24) is 10.6 Å². The number of hydrogen-bond donors (Lipinski definition) is 2. The minimum atomic E-state index is 0.144. The number of carbonyl (C=O) groups is 1. The molecule has 1 amide bonds. The maximum absolute atomic E-state index is 11.0. The van der Waals surface area contributed by atoms with E-state index in [2.05, 4.69) is 24.5 Å². The number of amides is 1. The first-order valence-corrected chi connectivity index (χ1v) is 6.47. The highest BCUT2D eigenvalue weighted by molar-refractivity contribution is 5.75. The highest BCUT2D eigenvalue weighted by Crippen LogP contribution is 2.34. The van der Waals surface area contributed by atoms with E-state index < -0.39 is 0 Å². The predicted molar refractivity (Wildman–Crippen MR) is 67.3 cm³/mol. The zero-order valence-electron chi connectivity index (χ0n) is 10.9. The molecular formula is C13H26N2O. The van der Waals surface area contributed by atoms with Crippen molar-refractivity contribution in [3.8, 4) is 0 Å². The maximum Gasteiger partial charge on any atom is 0.219 e. The smallest absolute Gasteiger partial charge is 0.219 e. The van der Waals surface area contributed by atoms with Gasteiger partial charge in [0.15, 0.2) is 0 Å². The summed E-state index contributed by atoms with van der Waals surface area (Å²) < 4.78 is 0. The van der Waals surface area contributed by atoms with Crippen LogP contribution in [0.25, 0.3) is 0 Å². The first-order valence-electron chi connectivity index (χ1n) is 6.47. The summed E-state index contributed by atoms with van der Waals surface area (Å²) in [5.74, 6) is 0.144. The molecule has 2 N–H and O–H groups in total. The van der Waals surface area contributed by atoms with E-state index in [0.717, 1.165) is 13.0 Å². The first kappa shape index (κ1) is 13.5. The van der Waals surface area contributed by atoms with Crippen molar-refractivity contribution in [3.63, 3.8) is 0 Å². The van der Waals surface area contributed by atoms with E-state index in [-0.39, 0.29) is 5.91 Å². The number of rotatable bonds is 5. The van der Waals surface area contributed by atoms with Gasteiger partial charge in [0.2, 0.25) is 5.91 Å². The van der Waals surface area contributed by atoms with E-state index >= 15 is 0 Å². The molecule has 1 unspecified atom stereocenters. The largest absolute Gasteiger partial charge is 0.359 e. The van der Waals surface area contributed by atoms with Crippen LogP contribution in [0, 0.1) is 5.41 Å². The fraction of sp³-hybridized carbons (Fsp3) is 0.923. The van der Waals surface area contributed by atoms with Crippen molar-refractivity contribution >= 4 is 5.91 Å². The highest BCUT2D eigenvalue weighted by Gasteiger charge is 2.27. The van der Waals surface area contributed by atoms with Crippen molar-refractivity contribution in [2.75, 3.05) is 13.6 Å². The van der Waals surface area contributed by atoms with E-state index in [4.69, 9.17) is 0 Å². The van der Waals surface area contributed by atoms with Crippen molar-refractivity contribution in [2.45, 2.75) is 58.4 Å². The summed E-state index contributed by atoms with van der Waals surface area (Å²) in [6.07, 6.45) is 6.83. The lowest BCUT2D eigenvalue weighted by molar-refractivity contribution is -0.120. The molecule has 0 bridgehead atoms. The normalized spacial score (nSPS) is 24.1. The lowest BCUT2D eigenvalue weighted by atomic mass is 9.75. The Morgan fingerprint density at radius 1 is 1.44 bits per heavy atom. The fourth-order valence-corrected chi connectivity index (χ4v) is 2.55. The Kier molecular flexibility index (Phi) is 5.26. The molecule has 94 valence electrons. The van der Waals surface area contributed by atoms with Gasteiger partial charge in [-0.25, -0.2) is 0 Å². The third kappa shape index (κ3) is 4.97. The zero-order valence-corrected chi connectivity index (χ0v) is 10.9. The second-order valence-electron chi connectivity index (χ2n) is 5.69. The van der Waals surface area contributed by atoms with Gasteiger partial charge < -0.3 is 10.6 Å². The van der Waals surface area contributed by atoms with Crippen LogP contribution >= 0.6 is 0 Å². The standard InChI is InChI=1S/C13H26N2O/c1-13(2)8-4-6-11(10-13)15-9-5-7-12(16)14-3/h11,15H,4-10H2,1-3H3,(H,14,16). The van der Waals surface area contributed by atoms with Crippen LogP contribution in [-0.2, 0) is 4.79 Å². The minimum Gasteiger partial charge on any atom is -0.359 e. The van der Waals surface area contributed by atoms with Gasteiger partial charge in [0.1, 0.15) is 0 Å². The maximum atomic E-state index is 11.0. The van der Waals surface area contributed by atoms with Gasteiger partial charge in [0, 0.05) is 19.5 Å². The van der Waals surface area contributed by atoms with Gasteiger partial charge in [0.25, 0.3) is 0 Å². The molecular weight excluding hydrogens is 200 g/mol. The quantitative estimate of drug-likeness (QED) is 0.705. The van der Waals surface area contributed by atoms with E-state index in [1.54, 1.807) is 7.05 Å².